The monoisotopic (exact) mass is 500 g/mol. The van der Waals surface area contributed by atoms with Crippen molar-refractivity contribution in [1.29, 1.82) is 0 Å². The molecule has 0 heterocycles. The Balaban J connectivity index is 0.00000576. The number of nitrogens with one attached hydrogen (secondary N) is 3. The van der Waals surface area contributed by atoms with Gasteiger partial charge < -0.3 is 16.0 Å². The molecule has 1 aromatic carbocycles. The molecule has 0 radical (unpaired) electrons. The van der Waals surface area contributed by atoms with E-state index in [4.69, 9.17) is 23.2 Å². The highest BCUT2D eigenvalue weighted by Gasteiger charge is 2.20. The van der Waals surface area contributed by atoms with Crippen molar-refractivity contribution in [3.05, 3.63) is 33.8 Å². The highest BCUT2D eigenvalue weighted by atomic mass is 127. The summed E-state index contributed by atoms with van der Waals surface area (Å²) < 4.78 is 0. The number of nitrogens with zero attached hydrogens (tertiary/aromatic N) is 1. The molecule has 0 saturated carbocycles. The minimum Gasteiger partial charge on any atom is -0.357 e. The molecular weight excluding hydrogens is 474 g/mol. The first-order valence-corrected chi connectivity index (χ1v) is 8.74. The molecule has 0 bridgehead atoms. The van der Waals surface area contributed by atoms with Gasteiger partial charge in [0, 0.05) is 35.1 Å². The van der Waals surface area contributed by atoms with E-state index in [0.29, 0.717) is 35.6 Å². The van der Waals surface area contributed by atoms with Gasteiger partial charge in [0.05, 0.1) is 6.54 Å². The zero-order valence-corrected chi connectivity index (χ0v) is 18.9. The van der Waals surface area contributed by atoms with E-state index in [1.807, 2.05) is 33.8 Å². The average molecular weight is 501 g/mol. The zero-order valence-electron chi connectivity index (χ0n) is 15.1. The number of carbonyl (C=O) groups excluding carboxylic acids is 1. The summed E-state index contributed by atoms with van der Waals surface area (Å²) in [6.45, 7) is 9.96. The predicted octanol–water partition coefficient (Wildman–Crippen LogP) is 3.83. The molecule has 1 rings (SSSR count). The first-order chi connectivity index (χ1) is 11.2. The van der Waals surface area contributed by atoms with Crippen molar-refractivity contribution >= 4 is 59.0 Å². The van der Waals surface area contributed by atoms with E-state index < -0.39 is 0 Å². The first kappa shape index (κ1) is 24.3. The lowest BCUT2D eigenvalue weighted by molar-refractivity contribution is -0.128. The Morgan fingerprint density at radius 2 is 1.76 bits per heavy atom. The van der Waals surface area contributed by atoms with Crippen LogP contribution in [-0.4, -0.2) is 31.5 Å². The summed E-state index contributed by atoms with van der Waals surface area (Å²) in [6.07, 6.45) is 0. The van der Waals surface area contributed by atoms with Gasteiger partial charge in [-0.2, -0.15) is 0 Å². The van der Waals surface area contributed by atoms with Crippen LogP contribution in [0.15, 0.2) is 23.2 Å². The maximum absolute atomic E-state index is 11.8. The van der Waals surface area contributed by atoms with Gasteiger partial charge in [-0.15, -0.1) is 24.0 Å². The van der Waals surface area contributed by atoms with Gasteiger partial charge in [-0.3, -0.25) is 4.79 Å². The van der Waals surface area contributed by atoms with Crippen molar-refractivity contribution in [2.75, 3.05) is 19.6 Å². The van der Waals surface area contributed by atoms with Crippen LogP contribution < -0.4 is 16.0 Å². The molecule has 0 saturated heterocycles. The van der Waals surface area contributed by atoms with Crippen molar-refractivity contribution in [2.45, 2.75) is 34.2 Å². The quantitative estimate of drug-likeness (QED) is 0.241. The number of halogens is 3. The molecule has 0 aromatic heterocycles. The van der Waals surface area contributed by atoms with E-state index >= 15 is 0 Å². The van der Waals surface area contributed by atoms with E-state index in [-0.39, 0.29) is 35.3 Å². The average Bonchev–Trinajstić information content (AvgIpc) is 2.49. The van der Waals surface area contributed by atoms with Crippen LogP contribution in [0.3, 0.4) is 0 Å². The fraction of sp³-hybridized carbons (Fsp3) is 0.529. The first-order valence-electron chi connectivity index (χ1n) is 7.98. The van der Waals surface area contributed by atoms with Gasteiger partial charge in [0.2, 0.25) is 5.91 Å². The molecule has 1 amide bonds. The molecule has 25 heavy (non-hydrogen) atoms. The number of aliphatic imine (C=N–C) groups is 1. The summed E-state index contributed by atoms with van der Waals surface area (Å²) >= 11 is 12.0. The van der Waals surface area contributed by atoms with E-state index in [9.17, 15) is 4.79 Å². The summed E-state index contributed by atoms with van der Waals surface area (Å²) in [6, 6.07) is 5.36. The number of carbonyl (C=O) groups is 1. The molecule has 0 fully saturated rings. The Hall–Kier alpha value is -0.730. The molecule has 0 aliphatic carbocycles. The van der Waals surface area contributed by atoms with Gasteiger partial charge in [0.1, 0.15) is 0 Å². The Morgan fingerprint density at radius 1 is 1.12 bits per heavy atom. The summed E-state index contributed by atoms with van der Waals surface area (Å²) in [5.41, 5.74) is 0.517. The molecule has 0 atom stereocenters. The van der Waals surface area contributed by atoms with Crippen LogP contribution in [0.5, 0.6) is 0 Å². The van der Waals surface area contributed by atoms with Crippen LogP contribution in [0, 0.1) is 5.41 Å². The Morgan fingerprint density at radius 3 is 2.32 bits per heavy atom. The second-order valence-electron chi connectivity index (χ2n) is 6.36. The lowest BCUT2D eigenvalue weighted by Crippen LogP contribution is -2.43. The van der Waals surface area contributed by atoms with Crippen LogP contribution in [0.1, 0.15) is 33.3 Å². The van der Waals surface area contributed by atoms with Gasteiger partial charge in [-0.25, -0.2) is 4.99 Å². The van der Waals surface area contributed by atoms with Gasteiger partial charge in [-0.05, 0) is 24.6 Å². The number of benzene rings is 1. The highest BCUT2D eigenvalue weighted by Crippen LogP contribution is 2.21. The molecule has 8 heteroatoms. The molecular formula is C17H27Cl2IN4O. The molecule has 142 valence electrons. The van der Waals surface area contributed by atoms with Crippen molar-refractivity contribution in [2.24, 2.45) is 10.4 Å². The maximum Gasteiger partial charge on any atom is 0.225 e. The number of amides is 1. The smallest absolute Gasteiger partial charge is 0.225 e. The second kappa shape index (κ2) is 11.8. The summed E-state index contributed by atoms with van der Waals surface area (Å²) in [7, 11) is 0. The van der Waals surface area contributed by atoms with Crippen molar-refractivity contribution in [1.82, 2.24) is 16.0 Å². The third-order valence-corrected chi connectivity index (χ3v) is 3.74. The molecule has 0 aliphatic rings. The predicted molar refractivity (Wildman–Crippen MR) is 117 cm³/mol. The fourth-order valence-corrected chi connectivity index (χ4v) is 2.25. The molecule has 5 nitrogen and oxygen atoms in total. The number of rotatable bonds is 6. The topological polar surface area (TPSA) is 65.5 Å². The molecule has 0 aliphatic heterocycles. The van der Waals surface area contributed by atoms with Crippen LogP contribution in [-0.2, 0) is 11.3 Å². The second-order valence-corrected chi connectivity index (χ2v) is 7.21. The molecule has 1 aromatic rings. The summed E-state index contributed by atoms with van der Waals surface area (Å²) in [5, 5.41) is 10.4. The zero-order chi connectivity index (χ0) is 18.2. The van der Waals surface area contributed by atoms with Crippen LogP contribution >= 0.6 is 47.2 Å². The van der Waals surface area contributed by atoms with Crippen LogP contribution in [0.4, 0.5) is 0 Å². The largest absolute Gasteiger partial charge is 0.357 e. The number of hydrogen-bond acceptors (Lipinski definition) is 2. The standard InChI is InChI=1S/C17H26Cl2N4O.HI/c1-5-20-16(22-9-8-21-15(24)17(2,3)4)23-11-12-6-7-13(18)10-14(12)19;/h6-7,10H,5,8-9,11H2,1-4H3,(H,21,24)(H2,20,22,23);1H. The van der Waals surface area contributed by atoms with E-state index in [0.717, 1.165) is 12.1 Å². The molecule has 3 N–H and O–H groups in total. The minimum absolute atomic E-state index is 0. The van der Waals surface area contributed by atoms with E-state index in [1.165, 1.54) is 0 Å². The Bertz CT molecular complexity index is 589. The normalized spacial score (nSPS) is 11.5. The third kappa shape index (κ3) is 9.51. The van der Waals surface area contributed by atoms with Gasteiger partial charge in [0.25, 0.3) is 0 Å². The Kier molecular flexibility index (Phi) is 11.5. The molecule has 0 unspecified atom stereocenters. The van der Waals surface area contributed by atoms with Gasteiger partial charge in [0.15, 0.2) is 5.96 Å². The molecule has 0 spiro atoms. The Labute approximate surface area is 177 Å². The van der Waals surface area contributed by atoms with Crippen molar-refractivity contribution in [3.63, 3.8) is 0 Å². The number of guanidine groups is 1. The number of hydrogen-bond donors (Lipinski definition) is 3. The van der Waals surface area contributed by atoms with Gasteiger partial charge in [-0.1, -0.05) is 50.0 Å². The minimum atomic E-state index is -0.385. The van der Waals surface area contributed by atoms with Crippen LogP contribution in [0.25, 0.3) is 0 Å². The highest BCUT2D eigenvalue weighted by molar-refractivity contribution is 14.0. The fourth-order valence-electron chi connectivity index (χ4n) is 1.78. The maximum atomic E-state index is 11.8. The van der Waals surface area contributed by atoms with E-state index in [1.54, 1.807) is 12.1 Å². The lowest BCUT2D eigenvalue weighted by atomic mass is 9.96. The lowest BCUT2D eigenvalue weighted by Gasteiger charge is -2.18. The summed E-state index contributed by atoms with van der Waals surface area (Å²) in [4.78, 5) is 16.3. The van der Waals surface area contributed by atoms with Gasteiger partial charge >= 0.3 is 0 Å². The van der Waals surface area contributed by atoms with Crippen molar-refractivity contribution in [3.8, 4) is 0 Å². The summed E-state index contributed by atoms with van der Waals surface area (Å²) in [5.74, 6) is 0.702. The SMILES string of the molecule is CCNC(=NCc1ccc(Cl)cc1Cl)NCCNC(=O)C(C)(C)C.I. The van der Waals surface area contributed by atoms with Crippen LogP contribution in [0.2, 0.25) is 10.0 Å². The van der Waals surface area contributed by atoms with Crippen molar-refractivity contribution < 1.29 is 4.79 Å². The third-order valence-electron chi connectivity index (χ3n) is 3.15. The van der Waals surface area contributed by atoms with E-state index in [2.05, 4.69) is 20.9 Å².